The molecule has 1 aliphatic heterocycles. The SMILES string of the molecule is Cc1sc(-c2noc(C3CCC3)n2)cc1S(=O)(=O)N1CCC(C(=O)O)CC1. The molecular weight excluding hydrogens is 390 g/mol. The molecule has 2 aromatic heterocycles. The molecule has 3 heterocycles. The summed E-state index contributed by atoms with van der Waals surface area (Å²) in [6, 6.07) is 1.61. The Morgan fingerprint density at radius 3 is 2.59 bits per heavy atom. The molecule has 1 N–H and O–H groups in total. The number of aromatic nitrogens is 2. The smallest absolute Gasteiger partial charge is 0.306 e. The van der Waals surface area contributed by atoms with E-state index in [1.54, 1.807) is 13.0 Å². The van der Waals surface area contributed by atoms with E-state index < -0.39 is 21.9 Å². The quantitative estimate of drug-likeness (QED) is 0.804. The second kappa shape index (κ2) is 6.99. The first-order valence-corrected chi connectivity index (χ1v) is 11.3. The molecule has 2 aromatic rings. The van der Waals surface area contributed by atoms with Crippen molar-refractivity contribution in [2.24, 2.45) is 5.92 Å². The zero-order valence-corrected chi connectivity index (χ0v) is 16.6. The molecule has 10 heteroatoms. The summed E-state index contributed by atoms with van der Waals surface area (Å²) in [5.74, 6) is 0.0461. The van der Waals surface area contributed by atoms with Crippen LogP contribution in [0.5, 0.6) is 0 Å². The second-order valence-electron chi connectivity index (χ2n) is 7.13. The van der Waals surface area contributed by atoms with Gasteiger partial charge in [-0.1, -0.05) is 11.6 Å². The van der Waals surface area contributed by atoms with Gasteiger partial charge in [-0.3, -0.25) is 4.79 Å². The van der Waals surface area contributed by atoms with Gasteiger partial charge < -0.3 is 9.63 Å². The fourth-order valence-corrected chi connectivity index (χ4v) is 6.43. The number of carbonyl (C=O) groups is 1. The first-order valence-electron chi connectivity index (χ1n) is 9.03. The highest BCUT2D eigenvalue weighted by atomic mass is 32.2. The van der Waals surface area contributed by atoms with Crippen LogP contribution in [0.15, 0.2) is 15.5 Å². The molecule has 1 aliphatic carbocycles. The van der Waals surface area contributed by atoms with Crippen LogP contribution in [-0.2, 0) is 14.8 Å². The maximum absolute atomic E-state index is 13.0. The third-order valence-corrected chi connectivity index (χ3v) is 8.61. The summed E-state index contributed by atoms with van der Waals surface area (Å²) in [6.45, 7) is 2.20. The largest absolute Gasteiger partial charge is 0.481 e. The molecular formula is C17H21N3O5S2. The summed E-state index contributed by atoms with van der Waals surface area (Å²) >= 11 is 1.33. The molecule has 0 amide bonds. The van der Waals surface area contributed by atoms with Gasteiger partial charge in [-0.2, -0.15) is 9.29 Å². The molecule has 4 rings (SSSR count). The minimum absolute atomic E-state index is 0.220. The maximum atomic E-state index is 13.0. The van der Waals surface area contributed by atoms with E-state index in [1.807, 2.05) is 0 Å². The zero-order chi connectivity index (χ0) is 19.2. The topological polar surface area (TPSA) is 114 Å². The van der Waals surface area contributed by atoms with Crippen LogP contribution in [-0.4, -0.2) is 47.0 Å². The van der Waals surface area contributed by atoms with Crippen LogP contribution in [0.2, 0.25) is 0 Å². The lowest BCUT2D eigenvalue weighted by Crippen LogP contribution is -2.40. The van der Waals surface area contributed by atoms with Gasteiger partial charge in [-0.25, -0.2) is 8.42 Å². The highest BCUT2D eigenvalue weighted by molar-refractivity contribution is 7.89. The lowest BCUT2D eigenvalue weighted by Gasteiger charge is -2.29. The molecule has 0 unspecified atom stereocenters. The van der Waals surface area contributed by atoms with Gasteiger partial charge in [0, 0.05) is 23.9 Å². The summed E-state index contributed by atoms with van der Waals surface area (Å²) in [4.78, 5) is 17.1. The number of rotatable bonds is 5. The van der Waals surface area contributed by atoms with Crippen molar-refractivity contribution in [1.82, 2.24) is 14.4 Å². The van der Waals surface area contributed by atoms with Gasteiger partial charge in [-0.05, 0) is 38.7 Å². The lowest BCUT2D eigenvalue weighted by molar-refractivity contribution is -0.142. The predicted octanol–water partition coefficient (Wildman–Crippen LogP) is 2.86. The molecule has 0 spiro atoms. The summed E-state index contributed by atoms with van der Waals surface area (Å²) in [6.07, 6.45) is 3.94. The third-order valence-electron chi connectivity index (χ3n) is 5.41. The van der Waals surface area contributed by atoms with Crippen molar-refractivity contribution in [1.29, 1.82) is 0 Å². The summed E-state index contributed by atoms with van der Waals surface area (Å²) < 4.78 is 32.8. The second-order valence-corrected chi connectivity index (χ2v) is 10.3. The molecule has 1 saturated heterocycles. The van der Waals surface area contributed by atoms with E-state index >= 15 is 0 Å². The Morgan fingerprint density at radius 1 is 1.30 bits per heavy atom. The highest BCUT2D eigenvalue weighted by Gasteiger charge is 2.34. The summed E-state index contributed by atoms with van der Waals surface area (Å²) in [5.41, 5.74) is 0. The molecule has 8 nitrogen and oxygen atoms in total. The number of carboxylic acids is 1. The lowest BCUT2D eigenvalue weighted by atomic mass is 9.85. The molecule has 0 aromatic carbocycles. The molecule has 1 saturated carbocycles. The Hall–Kier alpha value is -1.78. The predicted molar refractivity (Wildman–Crippen MR) is 98.1 cm³/mol. The molecule has 146 valence electrons. The van der Waals surface area contributed by atoms with Crippen molar-refractivity contribution in [2.75, 3.05) is 13.1 Å². The van der Waals surface area contributed by atoms with Crippen LogP contribution >= 0.6 is 11.3 Å². The zero-order valence-electron chi connectivity index (χ0n) is 14.9. The van der Waals surface area contributed by atoms with E-state index in [1.165, 1.54) is 22.1 Å². The Balaban J connectivity index is 1.55. The number of aliphatic carboxylic acids is 1. The number of carboxylic acid groups (broad SMARTS) is 1. The standard InChI is InChI=1S/C17H21N3O5S2/c1-10-14(27(23,24)20-7-5-12(6-8-20)17(21)22)9-13(26-10)15-18-16(25-19-15)11-3-2-4-11/h9,11-12H,2-8H2,1H3,(H,21,22). The van der Waals surface area contributed by atoms with Gasteiger partial charge >= 0.3 is 5.97 Å². The Bertz CT molecular complexity index is 953. The van der Waals surface area contributed by atoms with Gasteiger partial charge in [0.05, 0.1) is 15.7 Å². The minimum atomic E-state index is -3.67. The molecule has 27 heavy (non-hydrogen) atoms. The molecule has 2 aliphatic rings. The average Bonchev–Trinajstić information content (AvgIpc) is 3.20. The van der Waals surface area contributed by atoms with Gasteiger partial charge in [0.1, 0.15) is 0 Å². The fourth-order valence-electron chi connectivity index (χ4n) is 3.47. The van der Waals surface area contributed by atoms with Crippen molar-refractivity contribution in [3.63, 3.8) is 0 Å². The van der Waals surface area contributed by atoms with Crippen molar-refractivity contribution in [2.45, 2.75) is 49.8 Å². The third kappa shape index (κ3) is 3.41. The van der Waals surface area contributed by atoms with Crippen LogP contribution in [0.25, 0.3) is 10.7 Å². The van der Waals surface area contributed by atoms with E-state index in [9.17, 15) is 13.2 Å². The number of hydrogen-bond acceptors (Lipinski definition) is 7. The fraction of sp³-hybridized carbons (Fsp3) is 0.588. The number of piperidine rings is 1. The Labute approximate surface area is 161 Å². The van der Waals surface area contributed by atoms with E-state index in [0.717, 1.165) is 12.8 Å². The van der Waals surface area contributed by atoms with Crippen molar-refractivity contribution in [3.05, 3.63) is 16.8 Å². The Morgan fingerprint density at radius 2 is 2.00 bits per heavy atom. The van der Waals surface area contributed by atoms with Crippen LogP contribution in [0, 0.1) is 12.8 Å². The number of sulfonamides is 1. The first-order chi connectivity index (χ1) is 12.9. The molecule has 2 fully saturated rings. The van der Waals surface area contributed by atoms with Gasteiger partial charge in [0.15, 0.2) is 0 Å². The summed E-state index contributed by atoms with van der Waals surface area (Å²) in [7, 11) is -3.67. The van der Waals surface area contributed by atoms with E-state index in [-0.39, 0.29) is 18.0 Å². The maximum Gasteiger partial charge on any atom is 0.306 e. The van der Waals surface area contributed by atoms with Crippen LogP contribution in [0.1, 0.15) is 48.8 Å². The van der Waals surface area contributed by atoms with Gasteiger partial charge in [-0.15, -0.1) is 11.3 Å². The van der Waals surface area contributed by atoms with Crippen molar-refractivity contribution in [3.8, 4) is 10.7 Å². The van der Waals surface area contributed by atoms with Gasteiger partial charge in [0.25, 0.3) is 0 Å². The molecule has 0 bridgehead atoms. The number of aryl methyl sites for hydroxylation is 1. The van der Waals surface area contributed by atoms with E-state index in [2.05, 4.69) is 10.1 Å². The first kappa shape index (κ1) is 18.6. The average molecular weight is 412 g/mol. The van der Waals surface area contributed by atoms with E-state index in [0.29, 0.717) is 40.2 Å². The molecule has 0 atom stereocenters. The summed E-state index contributed by atoms with van der Waals surface area (Å²) in [5, 5.41) is 13.1. The van der Waals surface area contributed by atoms with Gasteiger partial charge in [0.2, 0.25) is 21.7 Å². The monoisotopic (exact) mass is 411 g/mol. The van der Waals surface area contributed by atoms with Crippen LogP contribution < -0.4 is 0 Å². The highest BCUT2D eigenvalue weighted by Crippen LogP contribution is 2.38. The number of hydrogen-bond donors (Lipinski definition) is 1. The Kier molecular flexibility index (Phi) is 4.81. The van der Waals surface area contributed by atoms with Crippen LogP contribution in [0.4, 0.5) is 0 Å². The van der Waals surface area contributed by atoms with E-state index in [4.69, 9.17) is 9.63 Å². The number of thiophene rings is 1. The van der Waals surface area contributed by atoms with Crippen molar-refractivity contribution >= 4 is 27.3 Å². The van der Waals surface area contributed by atoms with Crippen LogP contribution in [0.3, 0.4) is 0 Å². The van der Waals surface area contributed by atoms with Crippen molar-refractivity contribution < 1.29 is 22.8 Å². The molecule has 0 radical (unpaired) electrons. The minimum Gasteiger partial charge on any atom is -0.481 e. The number of nitrogens with zero attached hydrogens (tertiary/aromatic N) is 3. The normalized spacial score (nSPS) is 19.9.